The average Bonchev–Trinajstić information content (AvgIpc) is 3.81. The lowest BCUT2D eigenvalue weighted by Crippen LogP contribution is -2.41. The molecule has 2 aromatic heterocycles. The van der Waals surface area contributed by atoms with E-state index in [1.165, 1.54) is 27.5 Å². The first-order chi connectivity index (χ1) is 28.6. The Labute approximate surface area is 350 Å². The Morgan fingerprint density at radius 3 is 1.34 bits per heavy atom. The highest BCUT2D eigenvalue weighted by Gasteiger charge is 2.37. The maximum absolute atomic E-state index is 9.41. The van der Waals surface area contributed by atoms with Gasteiger partial charge in [-0.1, -0.05) is 118 Å². The molecule has 0 radical (unpaired) electrons. The molecule has 0 aliphatic rings. The first-order valence-electron chi connectivity index (χ1n) is 20.6. The van der Waals surface area contributed by atoms with Gasteiger partial charge in [-0.3, -0.25) is 0 Å². The van der Waals surface area contributed by atoms with E-state index >= 15 is 0 Å². The zero-order valence-electron chi connectivity index (χ0n) is 35.0. The lowest BCUT2D eigenvalue weighted by atomic mass is 10.2. The summed E-state index contributed by atoms with van der Waals surface area (Å²) in [6.07, 6.45) is 1.51. The van der Waals surface area contributed by atoms with Gasteiger partial charge in [-0.05, 0) is 102 Å². The molecule has 8 rings (SSSR count). The van der Waals surface area contributed by atoms with Gasteiger partial charge in [0.05, 0.1) is 11.0 Å². The van der Waals surface area contributed by atoms with Crippen LogP contribution in [0.4, 0.5) is 0 Å². The minimum Gasteiger partial charge on any atom is -0.489 e. The van der Waals surface area contributed by atoms with Gasteiger partial charge in [-0.25, -0.2) is 0 Å². The number of aromatic nitrogens is 2. The summed E-state index contributed by atoms with van der Waals surface area (Å²) in [6.45, 7) is 13.5. The molecule has 6 aromatic carbocycles. The van der Waals surface area contributed by atoms with E-state index in [9.17, 15) is 5.11 Å². The van der Waals surface area contributed by atoms with Crippen molar-refractivity contribution < 1.29 is 19.0 Å². The molecule has 0 fully saturated rings. The van der Waals surface area contributed by atoms with Crippen LogP contribution in [-0.4, -0.2) is 35.8 Å². The van der Waals surface area contributed by atoms with Gasteiger partial charge >= 0.3 is 0 Å². The standard InChI is InChI=1S/C29H35NO2Si.C23H21NO2/c1-29(2,3)33(4,5)32-20-19-26-21-24-13-9-10-14-28(24)30(26)25-15-17-27(18-16-25)31-22-23-11-7-6-8-12-23;25-15-14-21-16-19-8-4-5-9-23(19)24(21)20-10-12-22(13-11-20)26-17-18-6-2-1-3-7-18/h6-18,21H,19-20,22H2,1-5H3;1-13,16,25H,14-15,17H2. The van der Waals surface area contributed by atoms with Crippen molar-refractivity contribution in [2.75, 3.05) is 13.2 Å². The van der Waals surface area contributed by atoms with Crippen LogP contribution in [0.1, 0.15) is 43.3 Å². The van der Waals surface area contributed by atoms with E-state index in [0.29, 0.717) is 19.6 Å². The van der Waals surface area contributed by atoms with E-state index < -0.39 is 8.32 Å². The first kappa shape index (κ1) is 41.3. The highest BCUT2D eigenvalue weighted by atomic mass is 28.4. The van der Waals surface area contributed by atoms with Crippen molar-refractivity contribution in [2.24, 2.45) is 0 Å². The van der Waals surface area contributed by atoms with Crippen LogP contribution in [-0.2, 0) is 30.5 Å². The summed E-state index contributed by atoms with van der Waals surface area (Å²) in [6, 6.07) is 58.2. The lowest BCUT2D eigenvalue weighted by molar-refractivity contribution is 0.290. The number of nitrogens with zero attached hydrogens (tertiary/aromatic N) is 2. The second-order valence-electron chi connectivity index (χ2n) is 16.4. The van der Waals surface area contributed by atoms with Gasteiger partial charge < -0.3 is 28.1 Å². The molecule has 0 aliphatic carbocycles. The molecule has 6 nitrogen and oxygen atoms in total. The molecule has 0 bridgehead atoms. The third-order valence-corrected chi connectivity index (χ3v) is 15.8. The molecule has 2 heterocycles. The molecule has 7 heteroatoms. The minimum atomic E-state index is -1.76. The average molecular weight is 801 g/mol. The summed E-state index contributed by atoms with van der Waals surface area (Å²) in [4.78, 5) is 0. The maximum atomic E-state index is 9.41. The van der Waals surface area contributed by atoms with Crippen LogP contribution in [0.25, 0.3) is 33.2 Å². The lowest BCUT2D eigenvalue weighted by Gasteiger charge is -2.36. The molecule has 302 valence electrons. The van der Waals surface area contributed by atoms with Crippen molar-refractivity contribution in [1.29, 1.82) is 0 Å². The highest BCUT2D eigenvalue weighted by Crippen LogP contribution is 2.37. The minimum absolute atomic E-state index is 0.134. The maximum Gasteiger partial charge on any atom is 0.191 e. The molecule has 0 unspecified atom stereocenters. The summed E-state index contributed by atoms with van der Waals surface area (Å²) in [7, 11) is -1.76. The molecular weight excluding hydrogens is 745 g/mol. The number of aliphatic hydroxyl groups excluding tert-OH is 1. The van der Waals surface area contributed by atoms with Gasteiger partial charge in [0, 0.05) is 59.6 Å². The number of para-hydroxylation sites is 2. The molecule has 0 spiro atoms. The van der Waals surface area contributed by atoms with Crippen LogP contribution >= 0.6 is 0 Å². The number of ether oxygens (including phenoxy) is 2. The van der Waals surface area contributed by atoms with Gasteiger partial charge in [-0.15, -0.1) is 0 Å². The van der Waals surface area contributed by atoms with Gasteiger partial charge in [0.25, 0.3) is 0 Å². The third-order valence-electron chi connectivity index (χ3n) is 11.3. The van der Waals surface area contributed by atoms with Crippen molar-refractivity contribution in [3.8, 4) is 22.9 Å². The Morgan fingerprint density at radius 1 is 0.508 bits per heavy atom. The fourth-order valence-corrected chi connectivity index (χ4v) is 8.05. The summed E-state index contributed by atoms with van der Waals surface area (Å²) < 4.78 is 22.9. The number of hydrogen-bond donors (Lipinski definition) is 1. The molecule has 0 saturated heterocycles. The third kappa shape index (κ3) is 10.2. The predicted molar refractivity (Wildman–Crippen MR) is 246 cm³/mol. The number of aliphatic hydroxyl groups is 1. The van der Waals surface area contributed by atoms with Crippen LogP contribution in [0.3, 0.4) is 0 Å². The number of hydrogen-bond acceptors (Lipinski definition) is 4. The summed E-state index contributed by atoms with van der Waals surface area (Å²) in [5.74, 6) is 1.72. The van der Waals surface area contributed by atoms with Crippen molar-refractivity contribution in [3.05, 3.63) is 192 Å². The highest BCUT2D eigenvalue weighted by molar-refractivity contribution is 6.74. The van der Waals surface area contributed by atoms with Crippen molar-refractivity contribution in [2.45, 2.75) is 65.0 Å². The summed E-state index contributed by atoms with van der Waals surface area (Å²) in [5.41, 5.74) is 9.28. The second-order valence-corrected chi connectivity index (χ2v) is 21.2. The van der Waals surface area contributed by atoms with Crippen LogP contribution in [0.15, 0.2) is 170 Å². The van der Waals surface area contributed by atoms with Crippen molar-refractivity contribution in [3.63, 3.8) is 0 Å². The second kappa shape index (κ2) is 18.8. The van der Waals surface area contributed by atoms with E-state index in [1.54, 1.807) is 0 Å². The number of benzene rings is 6. The first-order valence-corrected chi connectivity index (χ1v) is 23.5. The van der Waals surface area contributed by atoms with Crippen molar-refractivity contribution >= 4 is 30.1 Å². The largest absolute Gasteiger partial charge is 0.489 e. The monoisotopic (exact) mass is 800 g/mol. The van der Waals surface area contributed by atoms with Crippen molar-refractivity contribution in [1.82, 2.24) is 9.13 Å². The Kier molecular flexibility index (Phi) is 13.2. The predicted octanol–water partition coefficient (Wildman–Crippen LogP) is 12.5. The van der Waals surface area contributed by atoms with E-state index in [4.69, 9.17) is 13.9 Å². The SMILES string of the molecule is CC(C)(C)[Si](C)(C)OCCc1cc2ccccc2n1-c1ccc(OCc2ccccc2)cc1.OCCc1cc2ccccc2n1-c1ccc(OCc2ccccc2)cc1. The van der Waals surface area contributed by atoms with Crippen LogP contribution in [0.2, 0.25) is 18.1 Å². The topological polar surface area (TPSA) is 57.8 Å². The van der Waals surface area contributed by atoms with Crippen LogP contribution in [0, 0.1) is 0 Å². The van der Waals surface area contributed by atoms with Gasteiger partial charge in [0.1, 0.15) is 24.7 Å². The van der Waals surface area contributed by atoms with E-state index in [0.717, 1.165) is 52.7 Å². The summed E-state index contributed by atoms with van der Waals surface area (Å²) in [5, 5.41) is 12.1. The zero-order chi connectivity index (χ0) is 41.2. The van der Waals surface area contributed by atoms with E-state index in [1.807, 2.05) is 60.7 Å². The number of rotatable bonds is 14. The van der Waals surface area contributed by atoms with Crippen LogP contribution in [0.5, 0.6) is 11.5 Å². The van der Waals surface area contributed by atoms with Gasteiger partial charge in [0.2, 0.25) is 0 Å². The van der Waals surface area contributed by atoms with E-state index in [-0.39, 0.29) is 11.6 Å². The molecule has 1 N–H and O–H groups in total. The normalized spacial score (nSPS) is 11.7. The Balaban J connectivity index is 0.000000184. The van der Waals surface area contributed by atoms with Crippen LogP contribution < -0.4 is 9.47 Å². The molecule has 0 aliphatic heterocycles. The molecule has 0 saturated carbocycles. The summed E-state index contributed by atoms with van der Waals surface area (Å²) >= 11 is 0. The molecule has 0 atom stereocenters. The Bertz CT molecular complexity index is 2540. The fourth-order valence-electron chi connectivity index (χ4n) is 7.01. The quantitative estimate of drug-likeness (QED) is 0.111. The molecule has 59 heavy (non-hydrogen) atoms. The Morgan fingerprint density at radius 2 is 0.915 bits per heavy atom. The zero-order valence-corrected chi connectivity index (χ0v) is 36.0. The van der Waals surface area contributed by atoms with E-state index in [2.05, 4.69) is 152 Å². The molecule has 8 aromatic rings. The Hall–Kier alpha value is -5.86. The fraction of sp³-hybridized carbons (Fsp3) is 0.231. The number of fused-ring (bicyclic) bond motifs is 2. The van der Waals surface area contributed by atoms with Gasteiger partial charge in [-0.2, -0.15) is 0 Å². The van der Waals surface area contributed by atoms with Gasteiger partial charge in [0.15, 0.2) is 8.32 Å². The molecular formula is C52H56N2O4Si. The molecule has 0 amide bonds. The smallest absolute Gasteiger partial charge is 0.191 e.